The highest BCUT2D eigenvalue weighted by Crippen LogP contribution is 2.39. The molecule has 0 aliphatic carbocycles. The maximum atomic E-state index is 13.3. The maximum absolute atomic E-state index is 13.3. The van der Waals surface area contributed by atoms with Gasteiger partial charge in [0.2, 0.25) is 5.91 Å². The number of carbonyl (C=O) groups excluding carboxylic acids is 2. The summed E-state index contributed by atoms with van der Waals surface area (Å²) in [6.07, 6.45) is 0.867. The van der Waals surface area contributed by atoms with E-state index in [0.717, 1.165) is 30.0 Å². The number of hydrogen-bond acceptors (Lipinski definition) is 6. The van der Waals surface area contributed by atoms with Crippen molar-refractivity contribution in [3.05, 3.63) is 88.5 Å². The quantitative estimate of drug-likeness (QED) is 0.343. The SMILES string of the molecule is CC1CN(CC(=O)N2CCc3cc(N/C(=C4\C(=O)Nc5cc(C(=O)O)ccc54)c4ccc(CF)cc4)ccc32)CC(C)O1. The molecule has 2 atom stereocenters. The molecule has 10 heteroatoms. The molecule has 2 amide bonds. The van der Waals surface area contributed by atoms with Gasteiger partial charge in [0.05, 0.1) is 41.3 Å². The fraction of sp³-hybridized carbons (Fsp3) is 0.303. The highest BCUT2D eigenvalue weighted by Gasteiger charge is 2.31. The summed E-state index contributed by atoms with van der Waals surface area (Å²) in [5.41, 5.74) is 5.70. The van der Waals surface area contributed by atoms with Crippen molar-refractivity contribution < 1.29 is 28.6 Å². The van der Waals surface area contributed by atoms with Gasteiger partial charge in [0.25, 0.3) is 5.91 Å². The molecule has 0 radical (unpaired) electrons. The van der Waals surface area contributed by atoms with Crippen molar-refractivity contribution in [1.29, 1.82) is 0 Å². The molecule has 3 aromatic carbocycles. The van der Waals surface area contributed by atoms with Crippen molar-refractivity contribution in [2.45, 2.75) is 39.2 Å². The van der Waals surface area contributed by atoms with Gasteiger partial charge in [-0.05, 0) is 67.3 Å². The van der Waals surface area contributed by atoms with Crippen molar-refractivity contribution in [2.75, 3.05) is 41.7 Å². The Morgan fingerprint density at radius 3 is 2.44 bits per heavy atom. The largest absolute Gasteiger partial charge is 0.478 e. The molecule has 3 heterocycles. The number of nitrogens with zero attached hydrogens (tertiary/aromatic N) is 2. The molecule has 0 saturated carbocycles. The second-order valence-corrected chi connectivity index (χ2v) is 11.3. The van der Waals surface area contributed by atoms with Crippen LogP contribution in [0.25, 0.3) is 11.3 Å². The average molecular weight is 585 g/mol. The summed E-state index contributed by atoms with van der Waals surface area (Å²) in [4.78, 5) is 42.1. The number of rotatable bonds is 7. The predicted molar refractivity (Wildman–Crippen MR) is 163 cm³/mol. The van der Waals surface area contributed by atoms with Crippen LogP contribution in [0.3, 0.4) is 0 Å². The Morgan fingerprint density at radius 2 is 1.74 bits per heavy atom. The Kier molecular flexibility index (Phi) is 7.72. The molecule has 0 bridgehead atoms. The van der Waals surface area contributed by atoms with E-state index in [1.54, 1.807) is 30.3 Å². The molecule has 1 saturated heterocycles. The fourth-order valence-electron chi connectivity index (χ4n) is 6.17. The average Bonchev–Trinajstić information content (AvgIpc) is 3.55. The van der Waals surface area contributed by atoms with E-state index in [1.165, 1.54) is 12.1 Å². The normalized spacial score (nSPS) is 20.8. The van der Waals surface area contributed by atoms with Crippen molar-refractivity contribution in [3.63, 3.8) is 0 Å². The van der Waals surface area contributed by atoms with Gasteiger partial charge in [-0.25, -0.2) is 9.18 Å². The molecule has 9 nitrogen and oxygen atoms in total. The maximum Gasteiger partial charge on any atom is 0.335 e. The zero-order valence-corrected chi connectivity index (χ0v) is 24.0. The van der Waals surface area contributed by atoms with Crippen molar-refractivity contribution >= 4 is 46.1 Å². The number of anilines is 3. The molecule has 0 aromatic heterocycles. The Labute approximate surface area is 248 Å². The van der Waals surface area contributed by atoms with Gasteiger partial charge >= 0.3 is 5.97 Å². The van der Waals surface area contributed by atoms with Gasteiger partial charge in [0.15, 0.2) is 0 Å². The number of amides is 2. The number of carbonyl (C=O) groups is 3. The van der Waals surface area contributed by atoms with Crippen LogP contribution in [-0.2, 0) is 27.4 Å². The molecule has 3 aromatic rings. The zero-order valence-electron chi connectivity index (χ0n) is 24.0. The topological polar surface area (TPSA) is 111 Å². The van der Waals surface area contributed by atoms with Crippen molar-refractivity contribution in [2.24, 2.45) is 0 Å². The lowest BCUT2D eigenvalue weighted by molar-refractivity contribution is -0.123. The number of alkyl halides is 1. The molecule has 222 valence electrons. The Balaban J connectivity index is 1.30. The molecule has 6 rings (SSSR count). The first-order valence-corrected chi connectivity index (χ1v) is 14.4. The first-order chi connectivity index (χ1) is 20.7. The molecule has 43 heavy (non-hydrogen) atoms. The predicted octanol–water partition coefficient (Wildman–Crippen LogP) is 4.79. The van der Waals surface area contributed by atoms with Gasteiger partial charge in [0, 0.05) is 36.6 Å². The van der Waals surface area contributed by atoms with Gasteiger partial charge in [-0.3, -0.25) is 14.5 Å². The Morgan fingerprint density at radius 1 is 1.02 bits per heavy atom. The minimum absolute atomic E-state index is 0.0523. The van der Waals surface area contributed by atoms with Crippen LogP contribution in [-0.4, -0.2) is 66.2 Å². The smallest absolute Gasteiger partial charge is 0.335 e. The van der Waals surface area contributed by atoms with E-state index in [1.807, 2.05) is 36.9 Å². The third-order valence-corrected chi connectivity index (χ3v) is 8.06. The minimum Gasteiger partial charge on any atom is -0.478 e. The van der Waals surface area contributed by atoms with Crippen LogP contribution in [0.15, 0.2) is 60.7 Å². The fourth-order valence-corrected chi connectivity index (χ4v) is 6.17. The van der Waals surface area contributed by atoms with Gasteiger partial charge in [-0.1, -0.05) is 30.3 Å². The standard InChI is InChI=1S/C33H33FN4O5/c1-19-16-37(17-20(2)43-19)18-29(39)38-12-11-23-13-25(8-10-28(23)38)35-31(22-5-3-21(15-34)4-6-22)30-26-9-7-24(33(41)42)14-27(26)36-32(30)40/h3-10,13-14,19-20,35H,11-12,15-18H2,1-2H3,(H,36,40)(H,41,42)/b31-30-. The van der Waals surface area contributed by atoms with E-state index in [4.69, 9.17) is 4.74 Å². The summed E-state index contributed by atoms with van der Waals surface area (Å²) in [5.74, 6) is -1.41. The number of morpholine rings is 1. The van der Waals surface area contributed by atoms with Crippen molar-refractivity contribution in [3.8, 4) is 0 Å². The number of hydrogen-bond donors (Lipinski definition) is 3. The van der Waals surface area contributed by atoms with E-state index in [2.05, 4.69) is 15.5 Å². The summed E-state index contributed by atoms with van der Waals surface area (Å²) < 4.78 is 19.1. The molecule has 3 aliphatic rings. The van der Waals surface area contributed by atoms with Crippen molar-refractivity contribution in [1.82, 2.24) is 4.90 Å². The number of carboxylic acid groups (broad SMARTS) is 1. The second kappa shape index (κ2) is 11.6. The van der Waals surface area contributed by atoms with Crippen LogP contribution >= 0.6 is 0 Å². The molecule has 0 spiro atoms. The number of halogens is 1. The van der Waals surface area contributed by atoms with Gasteiger partial charge in [-0.2, -0.15) is 0 Å². The van der Waals surface area contributed by atoms with Crippen LogP contribution in [0.2, 0.25) is 0 Å². The van der Waals surface area contributed by atoms with Crippen LogP contribution in [0, 0.1) is 0 Å². The minimum atomic E-state index is -1.09. The van der Waals surface area contributed by atoms with Gasteiger partial charge in [0.1, 0.15) is 6.67 Å². The van der Waals surface area contributed by atoms with Crippen LogP contribution < -0.4 is 15.5 Å². The number of ether oxygens (including phenoxy) is 1. The summed E-state index contributed by atoms with van der Waals surface area (Å²) in [5, 5.41) is 15.6. The highest BCUT2D eigenvalue weighted by molar-refractivity contribution is 6.37. The number of nitrogens with one attached hydrogen (secondary N) is 2. The van der Waals surface area contributed by atoms with Crippen LogP contribution in [0.5, 0.6) is 0 Å². The summed E-state index contributed by atoms with van der Waals surface area (Å²) >= 11 is 0. The number of benzene rings is 3. The first-order valence-electron chi connectivity index (χ1n) is 14.4. The lowest BCUT2D eigenvalue weighted by Crippen LogP contribution is -2.49. The monoisotopic (exact) mass is 584 g/mol. The summed E-state index contributed by atoms with van der Waals surface area (Å²) in [6, 6.07) is 17.1. The number of fused-ring (bicyclic) bond motifs is 2. The molecule has 3 aliphatic heterocycles. The van der Waals surface area contributed by atoms with E-state index in [0.29, 0.717) is 53.2 Å². The Hall–Kier alpha value is -4.54. The molecule has 3 N–H and O–H groups in total. The molecule has 1 fully saturated rings. The number of aromatic carboxylic acids is 1. The van der Waals surface area contributed by atoms with Crippen LogP contribution in [0.4, 0.5) is 21.5 Å². The lowest BCUT2D eigenvalue weighted by atomic mass is 9.98. The summed E-state index contributed by atoms with van der Waals surface area (Å²) in [7, 11) is 0. The third kappa shape index (κ3) is 5.76. The highest BCUT2D eigenvalue weighted by atomic mass is 19.1. The number of carboxylic acids is 1. The van der Waals surface area contributed by atoms with E-state index in [-0.39, 0.29) is 29.6 Å². The summed E-state index contributed by atoms with van der Waals surface area (Å²) in [6.45, 7) is 5.80. The van der Waals surface area contributed by atoms with E-state index in [9.17, 15) is 23.9 Å². The van der Waals surface area contributed by atoms with Crippen LogP contribution in [0.1, 0.15) is 46.5 Å². The third-order valence-electron chi connectivity index (χ3n) is 8.06. The van der Waals surface area contributed by atoms with E-state index < -0.39 is 12.6 Å². The molecular weight excluding hydrogens is 551 g/mol. The molecular formula is C33H33FN4O5. The lowest BCUT2D eigenvalue weighted by Gasteiger charge is -2.35. The van der Waals surface area contributed by atoms with Gasteiger partial charge in [-0.15, -0.1) is 0 Å². The zero-order chi connectivity index (χ0) is 30.2. The van der Waals surface area contributed by atoms with Gasteiger partial charge < -0.3 is 25.4 Å². The second-order valence-electron chi connectivity index (χ2n) is 11.3. The van der Waals surface area contributed by atoms with E-state index >= 15 is 0 Å². The molecule has 2 unspecified atom stereocenters. The first kappa shape index (κ1) is 28.6. The Bertz CT molecular complexity index is 1630.